The first-order chi connectivity index (χ1) is 13.7. The van der Waals surface area contributed by atoms with Gasteiger partial charge in [0, 0.05) is 5.92 Å². The molecule has 0 saturated carbocycles. The van der Waals surface area contributed by atoms with Crippen LogP contribution < -0.4 is 0 Å². The topological polar surface area (TPSA) is 55.8 Å². The molecule has 0 saturated heterocycles. The second-order valence-corrected chi connectivity index (χ2v) is 9.08. The number of aldehydes is 1. The lowest BCUT2D eigenvalue weighted by Gasteiger charge is -2.45. The summed E-state index contributed by atoms with van der Waals surface area (Å²) in [5.41, 5.74) is 3.96. The van der Waals surface area contributed by atoms with Crippen LogP contribution in [-0.2, 0) is 14.3 Å². The average molecular weight is 399 g/mol. The Labute approximate surface area is 174 Å². The van der Waals surface area contributed by atoms with Crippen molar-refractivity contribution in [3.05, 3.63) is 58.7 Å². The van der Waals surface area contributed by atoms with Crippen LogP contribution in [0.25, 0.3) is 0 Å². The van der Waals surface area contributed by atoms with Crippen LogP contribution in [0, 0.1) is 11.8 Å². The fourth-order valence-corrected chi connectivity index (χ4v) is 4.37. The number of rotatable bonds is 5. The molecule has 5 atom stereocenters. The maximum atomic E-state index is 11.8. The summed E-state index contributed by atoms with van der Waals surface area (Å²) in [6.45, 7) is 10.4. The van der Waals surface area contributed by atoms with Gasteiger partial charge in [-0.25, -0.2) is 0 Å². The number of fused-ring (bicyclic) bond motifs is 1. The van der Waals surface area contributed by atoms with E-state index in [1.165, 1.54) is 11.1 Å². The molecule has 0 bridgehead atoms. The number of carbonyl (C=O) groups excluding carboxylic acids is 1. The minimum Gasteiger partial charge on any atom is -0.389 e. The highest BCUT2D eigenvalue weighted by Gasteiger charge is 2.45. The Morgan fingerprint density at radius 3 is 2.76 bits per heavy atom. The zero-order valence-electron chi connectivity index (χ0n) is 18.2. The van der Waals surface area contributed by atoms with Crippen LogP contribution in [0.4, 0.5) is 0 Å². The lowest BCUT2D eigenvalue weighted by atomic mass is 9.78. The van der Waals surface area contributed by atoms with Crippen molar-refractivity contribution in [2.24, 2.45) is 11.8 Å². The zero-order chi connectivity index (χ0) is 21.2. The summed E-state index contributed by atoms with van der Waals surface area (Å²) in [4.78, 5) is 11.8. The van der Waals surface area contributed by atoms with Crippen LogP contribution in [0.5, 0.6) is 0 Å². The van der Waals surface area contributed by atoms with Gasteiger partial charge in [0.2, 0.25) is 5.79 Å². The van der Waals surface area contributed by atoms with Gasteiger partial charge in [-0.15, -0.1) is 0 Å². The summed E-state index contributed by atoms with van der Waals surface area (Å²) in [5.74, 6) is -0.621. The molecule has 1 aliphatic carbocycles. The van der Waals surface area contributed by atoms with E-state index in [0.717, 1.165) is 24.7 Å². The number of aliphatic hydroxyl groups excluding tert-OH is 1. The van der Waals surface area contributed by atoms with Crippen LogP contribution >= 0.6 is 0 Å². The number of ether oxygens (including phenoxy) is 2. The summed E-state index contributed by atoms with van der Waals surface area (Å²) >= 11 is 0. The van der Waals surface area contributed by atoms with Crippen molar-refractivity contribution >= 4 is 6.29 Å². The average Bonchev–Trinajstić information content (AvgIpc) is 2.61. The quantitative estimate of drug-likeness (QED) is 0.533. The number of aliphatic hydroxyl groups is 1. The van der Waals surface area contributed by atoms with Crippen molar-refractivity contribution in [1.82, 2.24) is 0 Å². The Bertz CT molecular complexity index is 783. The molecule has 3 rings (SSSR count). The van der Waals surface area contributed by atoms with Crippen LogP contribution in [0.15, 0.2) is 58.7 Å². The van der Waals surface area contributed by atoms with Crippen LogP contribution in [-0.4, -0.2) is 35.5 Å². The van der Waals surface area contributed by atoms with E-state index in [4.69, 9.17) is 9.47 Å². The van der Waals surface area contributed by atoms with E-state index < -0.39 is 11.9 Å². The number of hydrogen-bond donors (Lipinski definition) is 1. The Hall–Kier alpha value is -1.75. The summed E-state index contributed by atoms with van der Waals surface area (Å²) in [7, 11) is 0. The van der Waals surface area contributed by atoms with Gasteiger partial charge in [-0.2, -0.15) is 0 Å². The lowest BCUT2D eigenvalue weighted by Crippen LogP contribution is -2.49. The first kappa shape index (κ1) is 21.9. The highest BCUT2D eigenvalue weighted by molar-refractivity contribution is 5.75. The molecular formula is C25H34O4. The monoisotopic (exact) mass is 398 g/mol. The molecule has 0 radical (unpaired) electrons. The molecule has 4 nitrogen and oxygen atoms in total. The van der Waals surface area contributed by atoms with Crippen molar-refractivity contribution in [2.45, 2.75) is 78.0 Å². The van der Waals surface area contributed by atoms with E-state index in [1.54, 1.807) is 6.08 Å². The summed E-state index contributed by atoms with van der Waals surface area (Å²) in [6.07, 6.45) is 14.5. The first-order valence-corrected chi connectivity index (χ1v) is 10.6. The normalized spacial score (nSPS) is 35.4. The van der Waals surface area contributed by atoms with Crippen molar-refractivity contribution in [3.8, 4) is 0 Å². The van der Waals surface area contributed by atoms with E-state index in [0.29, 0.717) is 17.9 Å². The molecule has 0 fully saturated rings. The van der Waals surface area contributed by atoms with Crippen molar-refractivity contribution in [1.29, 1.82) is 0 Å². The molecule has 0 unspecified atom stereocenters. The standard InChI is InChI=1S/C25H34O4/c1-16(2)7-6-8-17(3)9-21-10-18(4)13-25(28-21)14-20(15-26)22-12-23(27)19(5)11-24(22)29-25/h6-7,9,11,13-16,21-24,27H,8,10,12H2,1-5H3/t21-,22-,23-,24-,25+/m1/s1. The van der Waals surface area contributed by atoms with Gasteiger partial charge in [-0.1, -0.05) is 49.3 Å². The third-order valence-electron chi connectivity index (χ3n) is 5.82. The summed E-state index contributed by atoms with van der Waals surface area (Å²) < 4.78 is 12.8. The van der Waals surface area contributed by atoms with Gasteiger partial charge in [-0.05, 0) is 69.2 Å². The molecule has 0 aromatic carbocycles. The molecular weight excluding hydrogens is 364 g/mol. The largest absolute Gasteiger partial charge is 0.389 e. The second-order valence-electron chi connectivity index (χ2n) is 9.08. The third-order valence-corrected chi connectivity index (χ3v) is 5.82. The highest BCUT2D eigenvalue weighted by Crippen LogP contribution is 2.42. The predicted octanol–water partition coefficient (Wildman–Crippen LogP) is 4.82. The van der Waals surface area contributed by atoms with E-state index >= 15 is 0 Å². The maximum Gasteiger partial charge on any atom is 0.210 e. The van der Waals surface area contributed by atoms with Gasteiger partial charge >= 0.3 is 0 Å². The van der Waals surface area contributed by atoms with Gasteiger partial charge in [0.25, 0.3) is 0 Å². The van der Waals surface area contributed by atoms with Gasteiger partial charge in [0.15, 0.2) is 0 Å². The van der Waals surface area contributed by atoms with Gasteiger partial charge in [0.1, 0.15) is 6.29 Å². The third kappa shape index (κ3) is 5.25. The predicted molar refractivity (Wildman–Crippen MR) is 115 cm³/mol. The minimum absolute atomic E-state index is 0.104. The Morgan fingerprint density at radius 2 is 2.07 bits per heavy atom. The molecule has 4 heteroatoms. The van der Waals surface area contributed by atoms with Gasteiger partial charge in [0.05, 0.1) is 18.3 Å². The van der Waals surface area contributed by atoms with Crippen molar-refractivity contribution in [3.63, 3.8) is 0 Å². The Balaban J connectivity index is 1.84. The molecule has 0 aromatic rings. The fourth-order valence-electron chi connectivity index (χ4n) is 4.37. The molecule has 1 N–H and O–H groups in total. The Morgan fingerprint density at radius 1 is 1.31 bits per heavy atom. The number of carbonyl (C=O) groups is 1. The van der Waals surface area contributed by atoms with Crippen molar-refractivity contribution < 1.29 is 19.4 Å². The molecule has 2 aliphatic heterocycles. The van der Waals surface area contributed by atoms with E-state index in [-0.39, 0.29) is 18.1 Å². The number of allylic oxidation sites excluding steroid dienone is 3. The molecule has 0 amide bonds. The highest BCUT2D eigenvalue weighted by atomic mass is 16.7. The molecule has 1 spiro atoms. The van der Waals surface area contributed by atoms with Crippen LogP contribution in [0.1, 0.15) is 53.9 Å². The minimum atomic E-state index is -1.03. The fraction of sp³-hybridized carbons (Fsp3) is 0.560. The number of hydrogen-bond acceptors (Lipinski definition) is 4. The maximum absolute atomic E-state index is 11.8. The molecule has 2 heterocycles. The van der Waals surface area contributed by atoms with Gasteiger partial charge in [-0.3, -0.25) is 4.79 Å². The van der Waals surface area contributed by atoms with Crippen molar-refractivity contribution in [2.75, 3.05) is 0 Å². The molecule has 29 heavy (non-hydrogen) atoms. The first-order valence-electron chi connectivity index (χ1n) is 10.6. The van der Waals surface area contributed by atoms with Crippen LogP contribution in [0.2, 0.25) is 0 Å². The van der Waals surface area contributed by atoms with Gasteiger partial charge < -0.3 is 14.6 Å². The summed E-state index contributed by atoms with van der Waals surface area (Å²) in [5, 5.41) is 10.2. The van der Waals surface area contributed by atoms with Crippen LogP contribution in [0.3, 0.4) is 0 Å². The molecule has 158 valence electrons. The van der Waals surface area contributed by atoms with E-state index in [2.05, 4.69) is 45.9 Å². The summed E-state index contributed by atoms with van der Waals surface area (Å²) in [6, 6.07) is 0. The second kappa shape index (κ2) is 8.95. The Kier molecular flexibility index (Phi) is 6.77. The van der Waals surface area contributed by atoms with E-state index in [9.17, 15) is 9.90 Å². The smallest absolute Gasteiger partial charge is 0.210 e. The lowest BCUT2D eigenvalue weighted by molar-refractivity contribution is -0.225. The molecule has 0 aromatic heterocycles. The van der Waals surface area contributed by atoms with E-state index in [1.807, 2.05) is 19.1 Å². The SMILES string of the molecule is CC(=C[C@@H]1CC(C)=C[C@]2(C=C(C=O)[C@H]3C[C@@H](O)C(C)=C[C@H]3O2)O1)CC=CC(C)C. The molecule has 3 aliphatic rings. The zero-order valence-corrected chi connectivity index (χ0v) is 18.2.